The van der Waals surface area contributed by atoms with Gasteiger partial charge < -0.3 is 10.4 Å². The van der Waals surface area contributed by atoms with Gasteiger partial charge in [0.2, 0.25) is 0 Å². The van der Waals surface area contributed by atoms with Gasteiger partial charge in [-0.2, -0.15) is 0 Å². The smallest absolute Gasteiger partial charge is 0.0741 e. The lowest BCUT2D eigenvalue weighted by Crippen LogP contribution is -2.41. The minimum atomic E-state index is -0.535. The van der Waals surface area contributed by atoms with Gasteiger partial charge in [-0.3, -0.25) is 0 Å². The lowest BCUT2D eigenvalue weighted by molar-refractivity contribution is 0.0526. The summed E-state index contributed by atoms with van der Waals surface area (Å²) in [5.74, 6) is 0. The van der Waals surface area contributed by atoms with E-state index in [-0.39, 0.29) is 0 Å². The van der Waals surface area contributed by atoms with Crippen LogP contribution in [0.3, 0.4) is 0 Å². The Morgan fingerprint density at radius 2 is 2.14 bits per heavy atom. The van der Waals surface area contributed by atoms with Gasteiger partial charge in [0.25, 0.3) is 0 Å². The second-order valence-electron chi connectivity index (χ2n) is 5.84. The monoisotopic (exact) mass is 199 g/mol. The molecule has 2 N–H and O–H groups in total. The van der Waals surface area contributed by atoms with E-state index in [9.17, 15) is 5.11 Å². The molecule has 1 aliphatic carbocycles. The van der Waals surface area contributed by atoms with Crippen molar-refractivity contribution in [2.45, 2.75) is 65.0 Å². The van der Waals surface area contributed by atoms with Gasteiger partial charge in [0.05, 0.1) is 5.60 Å². The van der Waals surface area contributed by atoms with Crippen LogP contribution < -0.4 is 5.32 Å². The fourth-order valence-corrected chi connectivity index (χ4v) is 2.10. The predicted molar refractivity (Wildman–Crippen MR) is 60.3 cm³/mol. The minimum Gasteiger partial charge on any atom is -0.389 e. The molecule has 0 aromatic carbocycles. The van der Waals surface area contributed by atoms with E-state index in [1.165, 1.54) is 19.3 Å². The van der Waals surface area contributed by atoms with Crippen molar-refractivity contribution >= 4 is 0 Å². The molecule has 0 saturated heterocycles. The third-order valence-electron chi connectivity index (χ3n) is 3.50. The molecule has 0 amide bonds. The largest absolute Gasteiger partial charge is 0.389 e. The fraction of sp³-hybridized carbons (Fsp3) is 1.00. The Labute approximate surface area is 88.1 Å². The van der Waals surface area contributed by atoms with E-state index in [0.717, 1.165) is 13.0 Å². The first-order valence-electron chi connectivity index (χ1n) is 5.80. The molecule has 0 heterocycles. The molecule has 1 rings (SSSR count). The second kappa shape index (κ2) is 4.19. The summed E-state index contributed by atoms with van der Waals surface area (Å²) in [6.45, 7) is 9.31. The van der Waals surface area contributed by atoms with Crippen LogP contribution in [0.2, 0.25) is 0 Å². The number of hydrogen-bond donors (Lipinski definition) is 2. The summed E-state index contributed by atoms with van der Waals surface area (Å²) in [6.07, 6.45) is 4.62. The molecule has 2 nitrogen and oxygen atoms in total. The van der Waals surface area contributed by atoms with E-state index in [1.807, 2.05) is 13.8 Å². The van der Waals surface area contributed by atoms with Crippen molar-refractivity contribution < 1.29 is 5.11 Å². The number of aliphatic hydroxyl groups is 1. The highest BCUT2D eigenvalue weighted by Gasteiger charge is 2.31. The van der Waals surface area contributed by atoms with E-state index in [4.69, 9.17) is 0 Å². The summed E-state index contributed by atoms with van der Waals surface area (Å²) < 4.78 is 0. The van der Waals surface area contributed by atoms with Crippen molar-refractivity contribution in [3.8, 4) is 0 Å². The van der Waals surface area contributed by atoms with E-state index < -0.39 is 5.60 Å². The second-order valence-corrected chi connectivity index (χ2v) is 5.84. The van der Waals surface area contributed by atoms with Gasteiger partial charge in [0, 0.05) is 12.6 Å². The molecule has 1 aliphatic rings. The van der Waals surface area contributed by atoms with Crippen LogP contribution in [0, 0.1) is 5.41 Å². The topological polar surface area (TPSA) is 32.3 Å². The minimum absolute atomic E-state index is 0.496. The first-order valence-corrected chi connectivity index (χ1v) is 5.80. The van der Waals surface area contributed by atoms with Crippen molar-refractivity contribution in [1.82, 2.24) is 5.32 Å². The number of nitrogens with one attached hydrogen (secondary N) is 1. The van der Waals surface area contributed by atoms with E-state index in [1.54, 1.807) is 0 Å². The summed E-state index contributed by atoms with van der Waals surface area (Å²) in [7, 11) is 0. The molecule has 2 heteroatoms. The zero-order chi connectivity index (χ0) is 10.8. The Balaban J connectivity index is 2.27. The Morgan fingerprint density at radius 3 is 2.57 bits per heavy atom. The molecule has 1 saturated carbocycles. The maximum absolute atomic E-state index is 9.85. The maximum atomic E-state index is 9.85. The molecule has 2 atom stereocenters. The van der Waals surface area contributed by atoms with Crippen molar-refractivity contribution in [1.29, 1.82) is 0 Å². The van der Waals surface area contributed by atoms with Gasteiger partial charge in [0.1, 0.15) is 0 Å². The molecule has 14 heavy (non-hydrogen) atoms. The van der Waals surface area contributed by atoms with E-state index in [2.05, 4.69) is 19.2 Å². The zero-order valence-corrected chi connectivity index (χ0v) is 10.1. The normalized spacial score (nSPS) is 30.2. The maximum Gasteiger partial charge on any atom is 0.0741 e. The van der Waals surface area contributed by atoms with Crippen LogP contribution >= 0.6 is 0 Å². The predicted octanol–water partition coefficient (Wildman–Crippen LogP) is 2.32. The summed E-state index contributed by atoms with van der Waals surface area (Å²) >= 11 is 0. The SMILES string of the molecule is CCC(C)(O)CNC1CCC(C)(C)C1. The lowest BCUT2D eigenvalue weighted by Gasteiger charge is -2.25. The Morgan fingerprint density at radius 1 is 1.50 bits per heavy atom. The van der Waals surface area contributed by atoms with Gasteiger partial charge in [0.15, 0.2) is 0 Å². The van der Waals surface area contributed by atoms with Crippen molar-refractivity contribution in [2.24, 2.45) is 5.41 Å². The highest BCUT2D eigenvalue weighted by atomic mass is 16.3. The average molecular weight is 199 g/mol. The number of rotatable bonds is 4. The summed E-state index contributed by atoms with van der Waals surface area (Å²) in [5, 5.41) is 13.3. The molecule has 0 aliphatic heterocycles. The van der Waals surface area contributed by atoms with Crippen molar-refractivity contribution in [3.05, 3.63) is 0 Å². The van der Waals surface area contributed by atoms with Crippen LogP contribution in [-0.4, -0.2) is 23.3 Å². The summed E-state index contributed by atoms with van der Waals surface area (Å²) in [5.41, 5.74) is -0.0392. The van der Waals surface area contributed by atoms with Crippen LogP contribution in [0.25, 0.3) is 0 Å². The highest BCUT2D eigenvalue weighted by Crippen LogP contribution is 2.36. The Bertz CT molecular complexity index is 187. The Kier molecular flexibility index (Phi) is 3.59. The molecule has 0 aromatic heterocycles. The van der Waals surface area contributed by atoms with Gasteiger partial charge >= 0.3 is 0 Å². The summed E-state index contributed by atoms with van der Waals surface area (Å²) in [4.78, 5) is 0. The molecule has 0 spiro atoms. The molecule has 0 bridgehead atoms. The average Bonchev–Trinajstić information content (AvgIpc) is 2.43. The first kappa shape index (κ1) is 12.0. The third-order valence-corrected chi connectivity index (χ3v) is 3.50. The molecule has 84 valence electrons. The molecule has 0 radical (unpaired) electrons. The molecular formula is C12H25NO. The van der Waals surface area contributed by atoms with Crippen LogP contribution in [0.15, 0.2) is 0 Å². The molecule has 1 fully saturated rings. The molecule has 2 unspecified atom stereocenters. The van der Waals surface area contributed by atoms with Gasteiger partial charge in [-0.05, 0) is 38.0 Å². The van der Waals surface area contributed by atoms with E-state index in [0.29, 0.717) is 11.5 Å². The third kappa shape index (κ3) is 3.58. The standard InChI is InChI=1S/C12H25NO/c1-5-12(4,14)9-13-10-6-7-11(2,3)8-10/h10,13-14H,5-9H2,1-4H3. The lowest BCUT2D eigenvalue weighted by atomic mass is 9.92. The van der Waals surface area contributed by atoms with E-state index >= 15 is 0 Å². The van der Waals surface area contributed by atoms with Gasteiger partial charge in [-0.25, -0.2) is 0 Å². The van der Waals surface area contributed by atoms with Crippen LogP contribution in [-0.2, 0) is 0 Å². The quantitative estimate of drug-likeness (QED) is 0.728. The first-order chi connectivity index (χ1) is 6.35. The zero-order valence-electron chi connectivity index (χ0n) is 10.1. The number of hydrogen-bond acceptors (Lipinski definition) is 2. The van der Waals surface area contributed by atoms with Gasteiger partial charge in [-0.1, -0.05) is 20.8 Å². The molecule has 0 aromatic rings. The Hall–Kier alpha value is -0.0800. The van der Waals surface area contributed by atoms with Crippen molar-refractivity contribution in [3.63, 3.8) is 0 Å². The van der Waals surface area contributed by atoms with Gasteiger partial charge in [-0.15, -0.1) is 0 Å². The van der Waals surface area contributed by atoms with Crippen LogP contribution in [0.1, 0.15) is 53.4 Å². The summed E-state index contributed by atoms with van der Waals surface area (Å²) in [6, 6.07) is 0.614. The van der Waals surface area contributed by atoms with Crippen molar-refractivity contribution in [2.75, 3.05) is 6.54 Å². The highest BCUT2D eigenvalue weighted by molar-refractivity contribution is 4.88. The molecular weight excluding hydrogens is 174 g/mol. The van der Waals surface area contributed by atoms with Crippen LogP contribution in [0.4, 0.5) is 0 Å². The fourth-order valence-electron chi connectivity index (χ4n) is 2.10. The van der Waals surface area contributed by atoms with Crippen LogP contribution in [0.5, 0.6) is 0 Å².